The number of fused-ring (bicyclic) bond motifs is 1. The van der Waals surface area contributed by atoms with Gasteiger partial charge >= 0.3 is 5.69 Å². The van der Waals surface area contributed by atoms with E-state index in [1.54, 1.807) is 24.3 Å². The average molecular weight is 323 g/mol. The number of nitrogens with one attached hydrogen (secondary N) is 1. The van der Waals surface area contributed by atoms with Gasteiger partial charge in [0.25, 0.3) is 5.56 Å². The molecule has 0 radical (unpaired) electrons. The monoisotopic (exact) mass is 322 g/mol. The standard InChI is InChI=1S/C15H9ClF2N2O2/c16-9-3-1-8(2-4-9)7-20-14(21)10-5-6-11(17)12(18)13(10)19-15(20)22/h1-6H,7H2,(H,19,22). The van der Waals surface area contributed by atoms with Gasteiger partial charge in [-0.3, -0.25) is 9.36 Å². The molecular weight excluding hydrogens is 314 g/mol. The van der Waals surface area contributed by atoms with Crippen LogP contribution in [0.5, 0.6) is 0 Å². The van der Waals surface area contributed by atoms with Crippen LogP contribution in [0.4, 0.5) is 8.78 Å². The summed E-state index contributed by atoms with van der Waals surface area (Å²) in [5.74, 6) is -2.37. The van der Waals surface area contributed by atoms with E-state index in [0.29, 0.717) is 10.6 Å². The quantitative estimate of drug-likeness (QED) is 0.788. The van der Waals surface area contributed by atoms with E-state index >= 15 is 0 Å². The summed E-state index contributed by atoms with van der Waals surface area (Å²) in [6, 6.07) is 8.60. The number of hydrogen-bond donors (Lipinski definition) is 1. The molecule has 22 heavy (non-hydrogen) atoms. The Morgan fingerprint density at radius 2 is 1.73 bits per heavy atom. The molecule has 0 saturated heterocycles. The van der Waals surface area contributed by atoms with Crippen LogP contribution in [0.1, 0.15) is 5.56 Å². The Morgan fingerprint density at radius 3 is 2.41 bits per heavy atom. The van der Waals surface area contributed by atoms with E-state index in [4.69, 9.17) is 11.6 Å². The highest BCUT2D eigenvalue weighted by molar-refractivity contribution is 6.30. The fourth-order valence-electron chi connectivity index (χ4n) is 2.18. The molecule has 4 nitrogen and oxygen atoms in total. The summed E-state index contributed by atoms with van der Waals surface area (Å²) in [6.07, 6.45) is 0. The summed E-state index contributed by atoms with van der Waals surface area (Å²) in [5, 5.41) is 0.438. The van der Waals surface area contributed by atoms with Gasteiger partial charge in [-0.2, -0.15) is 0 Å². The number of halogens is 3. The minimum atomic E-state index is -1.25. The first-order valence-corrected chi connectivity index (χ1v) is 6.70. The minimum absolute atomic E-state index is 0.000269. The Morgan fingerprint density at radius 1 is 1.05 bits per heavy atom. The first kappa shape index (κ1) is 14.5. The van der Waals surface area contributed by atoms with Gasteiger partial charge in [-0.05, 0) is 29.8 Å². The summed E-state index contributed by atoms with van der Waals surface area (Å²) >= 11 is 5.77. The average Bonchev–Trinajstić information content (AvgIpc) is 2.50. The maximum atomic E-state index is 13.7. The summed E-state index contributed by atoms with van der Waals surface area (Å²) in [6.45, 7) is 0.000269. The zero-order chi connectivity index (χ0) is 15.9. The molecule has 0 atom stereocenters. The van der Waals surface area contributed by atoms with Crippen LogP contribution >= 0.6 is 11.6 Å². The van der Waals surface area contributed by atoms with Gasteiger partial charge in [0.15, 0.2) is 11.6 Å². The van der Waals surface area contributed by atoms with Gasteiger partial charge in [0.05, 0.1) is 17.4 Å². The van der Waals surface area contributed by atoms with Crippen molar-refractivity contribution in [1.29, 1.82) is 0 Å². The second-order valence-corrected chi connectivity index (χ2v) is 5.17. The second-order valence-electron chi connectivity index (χ2n) is 4.73. The number of aromatic amines is 1. The number of H-pyrrole nitrogens is 1. The van der Waals surface area contributed by atoms with Crippen LogP contribution in [0.25, 0.3) is 10.9 Å². The third-order valence-electron chi connectivity index (χ3n) is 3.30. The van der Waals surface area contributed by atoms with Crippen molar-refractivity contribution in [2.75, 3.05) is 0 Å². The number of nitrogens with zero attached hydrogens (tertiary/aromatic N) is 1. The molecule has 3 rings (SSSR count). The molecule has 2 aromatic carbocycles. The van der Waals surface area contributed by atoms with Gasteiger partial charge in [0.1, 0.15) is 0 Å². The van der Waals surface area contributed by atoms with Crippen molar-refractivity contribution in [3.63, 3.8) is 0 Å². The van der Waals surface area contributed by atoms with Crippen molar-refractivity contribution < 1.29 is 8.78 Å². The van der Waals surface area contributed by atoms with Crippen LogP contribution in [0.3, 0.4) is 0 Å². The van der Waals surface area contributed by atoms with E-state index in [1.807, 2.05) is 0 Å². The highest BCUT2D eigenvalue weighted by atomic mass is 35.5. The van der Waals surface area contributed by atoms with Crippen LogP contribution in [-0.4, -0.2) is 9.55 Å². The largest absolute Gasteiger partial charge is 0.329 e. The van der Waals surface area contributed by atoms with Crippen molar-refractivity contribution in [2.24, 2.45) is 0 Å². The molecule has 1 heterocycles. The number of benzene rings is 2. The van der Waals surface area contributed by atoms with Crippen molar-refractivity contribution in [1.82, 2.24) is 9.55 Å². The summed E-state index contributed by atoms with van der Waals surface area (Å²) in [4.78, 5) is 26.5. The Hall–Kier alpha value is -2.47. The second kappa shape index (κ2) is 5.38. The molecule has 0 unspecified atom stereocenters. The summed E-state index contributed by atoms with van der Waals surface area (Å²) < 4.78 is 27.8. The van der Waals surface area contributed by atoms with Gasteiger partial charge in [-0.25, -0.2) is 13.6 Å². The third-order valence-corrected chi connectivity index (χ3v) is 3.55. The van der Waals surface area contributed by atoms with Crippen LogP contribution < -0.4 is 11.2 Å². The SMILES string of the molecule is O=c1[nH]c2c(F)c(F)ccc2c(=O)n1Cc1ccc(Cl)cc1. The first-order chi connectivity index (χ1) is 10.5. The van der Waals surface area contributed by atoms with E-state index < -0.39 is 28.4 Å². The molecule has 3 aromatic rings. The molecule has 112 valence electrons. The van der Waals surface area contributed by atoms with Gasteiger partial charge in [0, 0.05) is 5.02 Å². The predicted octanol–water partition coefficient (Wildman–Crippen LogP) is 2.67. The predicted molar refractivity (Wildman–Crippen MR) is 79.3 cm³/mol. The Balaban J connectivity index is 2.19. The van der Waals surface area contributed by atoms with Crippen LogP contribution in [0, 0.1) is 11.6 Å². The molecule has 0 aliphatic heterocycles. The molecule has 0 aliphatic rings. The van der Waals surface area contributed by atoms with Gasteiger partial charge in [-0.15, -0.1) is 0 Å². The minimum Gasteiger partial charge on any atom is -0.304 e. The van der Waals surface area contributed by atoms with Crippen molar-refractivity contribution in [3.8, 4) is 0 Å². The fourth-order valence-corrected chi connectivity index (χ4v) is 2.31. The number of rotatable bonds is 2. The zero-order valence-corrected chi connectivity index (χ0v) is 11.8. The van der Waals surface area contributed by atoms with Gasteiger partial charge in [-0.1, -0.05) is 23.7 Å². The lowest BCUT2D eigenvalue weighted by Crippen LogP contribution is -2.35. The molecule has 0 aliphatic carbocycles. The zero-order valence-electron chi connectivity index (χ0n) is 11.1. The van der Waals surface area contributed by atoms with Crippen LogP contribution in [-0.2, 0) is 6.54 Å². The summed E-state index contributed by atoms with van der Waals surface area (Å²) in [7, 11) is 0. The number of hydrogen-bond acceptors (Lipinski definition) is 2. The lowest BCUT2D eigenvalue weighted by Gasteiger charge is -2.07. The smallest absolute Gasteiger partial charge is 0.304 e. The van der Waals surface area contributed by atoms with Crippen molar-refractivity contribution in [2.45, 2.75) is 6.54 Å². The number of aromatic nitrogens is 2. The van der Waals surface area contributed by atoms with Gasteiger partial charge in [0.2, 0.25) is 0 Å². The Bertz CT molecular complexity index is 978. The van der Waals surface area contributed by atoms with E-state index in [1.165, 1.54) is 0 Å². The fraction of sp³-hybridized carbons (Fsp3) is 0.0667. The molecule has 0 saturated carbocycles. The van der Waals surface area contributed by atoms with Crippen LogP contribution in [0.15, 0.2) is 46.0 Å². The molecular formula is C15H9ClF2N2O2. The molecule has 0 fully saturated rings. The summed E-state index contributed by atoms with van der Waals surface area (Å²) in [5.41, 5.74) is -1.24. The Kier molecular flexibility index (Phi) is 3.54. The van der Waals surface area contributed by atoms with E-state index in [9.17, 15) is 18.4 Å². The molecule has 1 N–H and O–H groups in total. The lowest BCUT2D eigenvalue weighted by atomic mass is 10.2. The highest BCUT2D eigenvalue weighted by Gasteiger charge is 2.14. The highest BCUT2D eigenvalue weighted by Crippen LogP contribution is 2.14. The first-order valence-electron chi connectivity index (χ1n) is 6.32. The van der Waals surface area contributed by atoms with E-state index in [0.717, 1.165) is 16.7 Å². The van der Waals surface area contributed by atoms with Crippen LogP contribution in [0.2, 0.25) is 5.02 Å². The molecule has 7 heteroatoms. The van der Waals surface area contributed by atoms with Crippen molar-refractivity contribution in [3.05, 3.63) is 79.5 Å². The lowest BCUT2D eigenvalue weighted by molar-refractivity contribution is 0.514. The van der Waals surface area contributed by atoms with Crippen molar-refractivity contribution >= 4 is 22.5 Å². The topological polar surface area (TPSA) is 54.9 Å². The maximum Gasteiger partial charge on any atom is 0.329 e. The Labute approximate surface area is 127 Å². The molecule has 0 amide bonds. The molecule has 0 bridgehead atoms. The third kappa shape index (κ3) is 2.42. The molecule has 1 aromatic heterocycles. The van der Waals surface area contributed by atoms with E-state index in [-0.39, 0.29) is 11.9 Å². The normalized spacial score (nSPS) is 11.0. The maximum absolute atomic E-state index is 13.7. The van der Waals surface area contributed by atoms with Gasteiger partial charge < -0.3 is 4.98 Å². The van der Waals surface area contributed by atoms with E-state index in [2.05, 4.69) is 4.98 Å². The molecule has 0 spiro atoms.